The van der Waals surface area contributed by atoms with Crippen LogP contribution in [-0.2, 0) is 14.8 Å². The number of carbonyl (C=O) groups is 1. The second kappa shape index (κ2) is 5.76. The molecule has 0 N–H and O–H groups in total. The minimum absolute atomic E-state index is 0.0215. The fraction of sp³-hybridized carbons (Fsp3) is 0.875. The number of halogens is 4. The van der Waals surface area contributed by atoms with Crippen molar-refractivity contribution in [3.05, 3.63) is 0 Å². The van der Waals surface area contributed by atoms with E-state index < -0.39 is 33.9 Å². The van der Waals surface area contributed by atoms with E-state index in [9.17, 15) is 30.8 Å². The Morgan fingerprint density at radius 3 is 1.94 bits per heavy atom. The molecule has 0 aromatic rings. The van der Waals surface area contributed by atoms with Gasteiger partial charge in [-0.05, 0) is 0 Å². The maximum Gasteiger partial charge on any atom is 0.365 e. The van der Waals surface area contributed by atoms with Gasteiger partial charge < -0.3 is 0 Å². The monoisotopic (exact) mass is 279 g/mol. The highest BCUT2D eigenvalue weighted by molar-refractivity contribution is 7.89. The molecule has 0 heterocycles. The summed E-state index contributed by atoms with van der Waals surface area (Å²) in [6.45, 7) is 2.84. The van der Waals surface area contributed by atoms with Crippen LogP contribution in [0.1, 0.15) is 13.8 Å². The molecule has 0 spiro atoms. The van der Waals surface area contributed by atoms with Crippen molar-refractivity contribution >= 4 is 15.8 Å². The predicted molar refractivity (Wildman–Crippen MR) is 52.7 cm³/mol. The molecule has 0 aliphatic carbocycles. The first kappa shape index (κ1) is 16.3. The summed E-state index contributed by atoms with van der Waals surface area (Å²) in [5.74, 6) is -8.84. The smallest absolute Gasteiger partial charge is 0.291 e. The fourth-order valence-electron chi connectivity index (χ4n) is 1.09. The molecule has 0 saturated heterocycles. The van der Waals surface area contributed by atoms with Gasteiger partial charge in [-0.2, -0.15) is 8.78 Å². The maximum absolute atomic E-state index is 12.6. The summed E-state index contributed by atoms with van der Waals surface area (Å²) >= 11 is 0. The second-order valence-corrected chi connectivity index (χ2v) is 5.16. The first-order valence-electron chi connectivity index (χ1n) is 4.76. The minimum atomic E-state index is -4.93. The zero-order valence-corrected chi connectivity index (χ0v) is 10.1. The van der Waals surface area contributed by atoms with Gasteiger partial charge in [0, 0.05) is 13.1 Å². The van der Waals surface area contributed by atoms with Gasteiger partial charge in [0.25, 0.3) is 0 Å². The third kappa shape index (κ3) is 3.91. The summed E-state index contributed by atoms with van der Waals surface area (Å²) in [5.41, 5.74) is 0. The van der Waals surface area contributed by atoms with Crippen molar-refractivity contribution in [1.82, 2.24) is 4.31 Å². The van der Waals surface area contributed by atoms with Gasteiger partial charge in [-0.15, -0.1) is 0 Å². The minimum Gasteiger partial charge on any atom is -0.291 e. The van der Waals surface area contributed by atoms with Gasteiger partial charge in [-0.25, -0.2) is 21.5 Å². The summed E-state index contributed by atoms with van der Waals surface area (Å²) in [7, 11) is -4.27. The lowest BCUT2D eigenvalue weighted by molar-refractivity contribution is -0.164. The summed E-state index contributed by atoms with van der Waals surface area (Å²) in [6.07, 6.45) is -4.21. The number of rotatable bonds is 7. The second-order valence-electron chi connectivity index (χ2n) is 3.19. The van der Waals surface area contributed by atoms with Crippen LogP contribution in [-0.4, -0.2) is 49.7 Å². The van der Waals surface area contributed by atoms with Crippen molar-refractivity contribution in [3.63, 3.8) is 0 Å². The number of hydrogen-bond acceptors (Lipinski definition) is 3. The van der Waals surface area contributed by atoms with E-state index in [4.69, 9.17) is 0 Å². The van der Waals surface area contributed by atoms with Gasteiger partial charge in [0.15, 0.2) is 0 Å². The van der Waals surface area contributed by atoms with Gasteiger partial charge in [0.2, 0.25) is 15.8 Å². The van der Waals surface area contributed by atoms with E-state index in [1.54, 1.807) is 0 Å². The highest BCUT2D eigenvalue weighted by Gasteiger charge is 2.50. The molecule has 0 amide bonds. The van der Waals surface area contributed by atoms with Crippen LogP contribution in [0.4, 0.5) is 17.6 Å². The zero-order chi connectivity index (χ0) is 13.9. The Morgan fingerprint density at radius 2 is 1.65 bits per heavy atom. The van der Waals surface area contributed by atoms with Crippen LogP contribution in [0.2, 0.25) is 0 Å². The van der Waals surface area contributed by atoms with Crippen LogP contribution in [0.15, 0.2) is 0 Å². The summed E-state index contributed by atoms with van der Waals surface area (Å²) in [4.78, 5) is 10.8. The molecule has 0 bridgehead atoms. The number of hydrogen-bond donors (Lipinski definition) is 0. The quantitative estimate of drug-likeness (QED) is 0.656. The third-order valence-electron chi connectivity index (χ3n) is 2.06. The van der Waals surface area contributed by atoms with E-state index >= 15 is 0 Å². The number of alkyl halides is 4. The molecule has 0 aromatic carbocycles. The van der Waals surface area contributed by atoms with Crippen LogP contribution < -0.4 is 0 Å². The van der Waals surface area contributed by atoms with Crippen molar-refractivity contribution < 1.29 is 30.8 Å². The van der Waals surface area contributed by atoms with Gasteiger partial charge in [-0.3, -0.25) is 4.79 Å². The van der Waals surface area contributed by atoms with Crippen LogP contribution in [0, 0.1) is 0 Å². The number of ketones is 1. The highest BCUT2D eigenvalue weighted by atomic mass is 32.2. The van der Waals surface area contributed by atoms with E-state index in [1.807, 2.05) is 0 Å². The molecule has 0 fully saturated rings. The summed E-state index contributed by atoms with van der Waals surface area (Å²) < 4.78 is 72.3. The molecule has 4 nitrogen and oxygen atoms in total. The molecule has 17 heavy (non-hydrogen) atoms. The molecule has 0 radical (unpaired) electrons. The average molecular weight is 279 g/mol. The van der Waals surface area contributed by atoms with Crippen molar-refractivity contribution in [2.45, 2.75) is 26.2 Å². The summed E-state index contributed by atoms with van der Waals surface area (Å²) in [6, 6.07) is 0. The standard InChI is InChI=1S/C8H13F4NO3S/c1-3-13(4-2)17(15,16)5-6(14)8(11,12)7(9)10/h7H,3-5H2,1-2H3. The van der Waals surface area contributed by atoms with Crippen LogP contribution in [0.5, 0.6) is 0 Å². The normalized spacial score (nSPS) is 13.4. The van der Waals surface area contributed by atoms with Crippen LogP contribution in [0.25, 0.3) is 0 Å². The zero-order valence-electron chi connectivity index (χ0n) is 9.29. The average Bonchev–Trinajstić information content (AvgIpc) is 2.17. The molecule has 0 saturated carbocycles. The molecule has 0 atom stereocenters. The van der Waals surface area contributed by atoms with E-state index in [0.717, 1.165) is 4.31 Å². The van der Waals surface area contributed by atoms with E-state index in [0.29, 0.717) is 0 Å². The molecule has 0 rings (SSSR count). The van der Waals surface area contributed by atoms with Crippen LogP contribution in [0.3, 0.4) is 0 Å². The molecular formula is C8H13F4NO3S. The Morgan fingerprint density at radius 1 is 1.24 bits per heavy atom. The van der Waals surface area contributed by atoms with Gasteiger partial charge in [-0.1, -0.05) is 13.8 Å². The highest BCUT2D eigenvalue weighted by Crippen LogP contribution is 2.24. The number of nitrogens with zero attached hydrogens (tertiary/aromatic N) is 1. The molecular weight excluding hydrogens is 266 g/mol. The Balaban J connectivity index is 4.92. The van der Waals surface area contributed by atoms with Crippen molar-refractivity contribution in [2.75, 3.05) is 18.8 Å². The van der Waals surface area contributed by atoms with Gasteiger partial charge in [0.05, 0.1) is 0 Å². The van der Waals surface area contributed by atoms with Crippen LogP contribution >= 0.6 is 0 Å². The Bertz CT molecular complexity index is 365. The molecule has 0 unspecified atom stereocenters. The predicted octanol–water partition coefficient (Wildman–Crippen LogP) is 1.13. The van der Waals surface area contributed by atoms with E-state index in [2.05, 4.69) is 0 Å². The fourth-order valence-corrected chi connectivity index (χ4v) is 2.59. The van der Waals surface area contributed by atoms with Crippen molar-refractivity contribution in [3.8, 4) is 0 Å². The lowest BCUT2D eigenvalue weighted by Gasteiger charge is -2.20. The SMILES string of the molecule is CCN(CC)S(=O)(=O)CC(=O)C(F)(F)C(F)F. The van der Waals surface area contributed by atoms with E-state index in [-0.39, 0.29) is 13.1 Å². The largest absolute Gasteiger partial charge is 0.365 e. The Kier molecular flexibility index (Phi) is 5.53. The first-order chi connectivity index (χ1) is 7.59. The first-order valence-corrected chi connectivity index (χ1v) is 6.37. The molecule has 102 valence electrons. The Hall–Kier alpha value is -0.700. The summed E-state index contributed by atoms with van der Waals surface area (Å²) in [5, 5.41) is 0. The maximum atomic E-state index is 12.6. The third-order valence-corrected chi connectivity index (χ3v) is 3.99. The van der Waals surface area contributed by atoms with Gasteiger partial charge in [0.1, 0.15) is 5.75 Å². The van der Waals surface area contributed by atoms with Gasteiger partial charge >= 0.3 is 12.3 Å². The molecule has 0 aromatic heterocycles. The van der Waals surface area contributed by atoms with E-state index in [1.165, 1.54) is 13.8 Å². The molecule has 0 aliphatic heterocycles. The number of carbonyl (C=O) groups excluding carboxylic acids is 1. The van der Waals surface area contributed by atoms with Crippen molar-refractivity contribution in [2.24, 2.45) is 0 Å². The lowest BCUT2D eigenvalue weighted by Crippen LogP contribution is -2.44. The topological polar surface area (TPSA) is 54.5 Å². The lowest BCUT2D eigenvalue weighted by atomic mass is 10.2. The molecule has 0 aliphatic rings. The number of Topliss-reactive ketones (excluding diaryl/α,β-unsaturated/α-hetero) is 1. The molecule has 9 heteroatoms. The van der Waals surface area contributed by atoms with Crippen molar-refractivity contribution in [1.29, 1.82) is 0 Å². The Labute approximate surface area is 96.6 Å². The number of sulfonamides is 1.